The summed E-state index contributed by atoms with van der Waals surface area (Å²) in [7, 11) is -0.242. The highest BCUT2D eigenvalue weighted by molar-refractivity contribution is 6.62. The van der Waals surface area contributed by atoms with Crippen molar-refractivity contribution in [2.45, 2.75) is 82.8 Å². The van der Waals surface area contributed by atoms with Crippen LogP contribution in [0.2, 0.25) is 0 Å². The summed E-state index contributed by atoms with van der Waals surface area (Å²) in [5.41, 5.74) is 2.61. The van der Waals surface area contributed by atoms with Crippen LogP contribution in [0.25, 0.3) is 0 Å². The fourth-order valence-corrected chi connectivity index (χ4v) is 4.66. The predicted octanol–water partition coefficient (Wildman–Crippen LogP) is 4.21. The van der Waals surface area contributed by atoms with Crippen LogP contribution in [0.15, 0.2) is 24.3 Å². The van der Waals surface area contributed by atoms with E-state index in [1.165, 1.54) is 44.1 Å². The van der Waals surface area contributed by atoms with E-state index in [1.54, 1.807) is 0 Å². The van der Waals surface area contributed by atoms with Gasteiger partial charge in [0.15, 0.2) is 0 Å². The second kappa shape index (κ2) is 5.10. The van der Waals surface area contributed by atoms with E-state index in [9.17, 15) is 0 Å². The highest BCUT2D eigenvalue weighted by atomic mass is 16.7. The molecule has 0 radical (unpaired) electrons. The molecule has 124 valence electrons. The Hall–Kier alpha value is -0.795. The van der Waals surface area contributed by atoms with Gasteiger partial charge in [-0.2, -0.15) is 0 Å². The molecule has 1 heterocycles. The lowest BCUT2D eigenvalue weighted by Crippen LogP contribution is -2.41. The van der Waals surface area contributed by atoms with Crippen LogP contribution in [0.3, 0.4) is 0 Å². The Labute approximate surface area is 141 Å². The molecule has 1 saturated heterocycles. The smallest absolute Gasteiger partial charge is 0.399 e. The summed E-state index contributed by atoms with van der Waals surface area (Å²) < 4.78 is 12.3. The van der Waals surface area contributed by atoms with Crippen LogP contribution in [0, 0.1) is 5.92 Å². The molecule has 1 aliphatic heterocycles. The van der Waals surface area contributed by atoms with Crippen molar-refractivity contribution in [3.63, 3.8) is 0 Å². The quantitative estimate of drug-likeness (QED) is 0.762. The monoisotopic (exact) mass is 312 g/mol. The summed E-state index contributed by atoms with van der Waals surface area (Å²) in [6.45, 7) is 8.45. The van der Waals surface area contributed by atoms with Gasteiger partial charge in [-0.3, -0.25) is 0 Å². The van der Waals surface area contributed by atoms with E-state index in [1.807, 2.05) is 0 Å². The van der Waals surface area contributed by atoms with Crippen LogP contribution in [-0.2, 0) is 14.7 Å². The highest BCUT2D eigenvalue weighted by Gasteiger charge is 2.51. The van der Waals surface area contributed by atoms with Gasteiger partial charge in [0.05, 0.1) is 11.2 Å². The molecule has 3 heteroatoms. The van der Waals surface area contributed by atoms with Crippen LogP contribution in [-0.4, -0.2) is 18.3 Å². The van der Waals surface area contributed by atoms with E-state index in [2.05, 4.69) is 52.0 Å². The van der Waals surface area contributed by atoms with Crippen molar-refractivity contribution in [2.24, 2.45) is 5.92 Å². The number of hydrogen-bond donors (Lipinski definition) is 0. The van der Waals surface area contributed by atoms with Crippen LogP contribution in [0.5, 0.6) is 0 Å². The molecule has 4 fully saturated rings. The fourth-order valence-electron chi connectivity index (χ4n) is 4.66. The van der Waals surface area contributed by atoms with Gasteiger partial charge >= 0.3 is 7.12 Å². The number of rotatable bonds is 2. The first-order valence-electron chi connectivity index (χ1n) is 9.28. The minimum absolute atomic E-state index is 0.242. The first-order valence-corrected chi connectivity index (χ1v) is 9.28. The minimum Gasteiger partial charge on any atom is -0.399 e. The van der Waals surface area contributed by atoms with Crippen molar-refractivity contribution >= 4 is 12.6 Å². The summed E-state index contributed by atoms with van der Waals surface area (Å²) in [5.74, 6) is 1.01. The average molecular weight is 312 g/mol. The molecule has 3 saturated carbocycles. The second-order valence-corrected chi connectivity index (χ2v) is 8.97. The summed E-state index contributed by atoms with van der Waals surface area (Å²) in [6.07, 6.45) is 8.44. The zero-order valence-electron chi connectivity index (χ0n) is 15.0. The van der Waals surface area contributed by atoms with Gasteiger partial charge in [-0.15, -0.1) is 0 Å². The van der Waals surface area contributed by atoms with E-state index in [-0.39, 0.29) is 18.3 Å². The minimum atomic E-state index is -0.267. The third kappa shape index (κ3) is 2.48. The molecule has 3 aliphatic carbocycles. The maximum atomic E-state index is 6.17. The van der Waals surface area contributed by atoms with Crippen molar-refractivity contribution in [1.82, 2.24) is 0 Å². The molecule has 1 aromatic carbocycles. The molecule has 0 unspecified atom stereocenters. The first kappa shape index (κ1) is 15.7. The third-order valence-electron chi connectivity index (χ3n) is 7.14. The lowest BCUT2D eigenvalue weighted by atomic mass is 9.58. The van der Waals surface area contributed by atoms with Crippen molar-refractivity contribution in [2.75, 3.05) is 0 Å². The molecule has 1 aromatic rings. The normalized spacial score (nSPS) is 34.8. The lowest BCUT2D eigenvalue weighted by molar-refractivity contribution is 0.00578. The molecule has 2 bridgehead atoms. The van der Waals surface area contributed by atoms with Crippen molar-refractivity contribution in [3.05, 3.63) is 29.8 Å². The zero-order valence-corrected chi connectivity index (χ0v) is 15.0. The molecule has 0 aromatic heterocycles. The molecular weight excluding hydrogens is 283 g/mol. The number of hydrogen-bond acceptors (Lipinski definition) is 2. The molecule has 0 spiro atoms. The summed E-state index contributed by atoms with van der Waals surface area (Å²) in [4.78, 5) is 0. The standard InChI is InChI=1S/C20H29BO2/c1-18(2)19(3,4)23-21(22-18)17-7-5-16(6-8-17)20-12-9-15(10-13-20)11-14-20/h5-8,15H,9-14H2,1-4H3. The predicted molar refractivity (Wildman–Crippen MR) is 95.0 cm³/mol. The Balaban J connectivity index is 1.55. The molecular formula is C20H29BO2. The first-order chi connectivity index (χ1) is 10.8. The van der Waals surface area contributed by atoms with Crippen molar-refractivity contribution in [3.8, 4) is 0 Å². The van der Waals surface area contributed by atoms with Gasteiger partial charge in [0.25, 0.3) is 0 Å². The van der Waals surface area contributed by atoms with Gasteiger partial charge in [-0.1, -0.05) is 24.3 Å². The van der Waals surface area contributed by atoms with E-state index < -0.39 is 0 Å². The molecule has 23 heavy (non-hydrogen) atoms. The Morgan fingerprint density at radius 1 is 0.826 bits per heavy atom. The van der Waals surface area contributed by atoms with Gasteiger partial charge in [0.1, 0.15) is 0 Å². The van der Waals surface area contributed by atoms with Gasteiger partial charge in [-0.25, -0.2) is 0 Å². The molecule has 0 atom stereocenters. The summed E-state index contributed by atoms with van der Waals surface area (Å²) >= 11 is 0. The van der Waals surface area contributed by atoms with E-state index >= 15 is 0 Å². The van der Waals surface area contributed by atoms with Gasteiger partial charge < -0.3 is 9.31 Å². The van der Waals surface area contributed by atoms with E-state index in [0.717, 1.165) is 11.4 Å². The zero-order chi connectivity index (χ0) is 16.3. The summed E-state index contributed by atoms with van der Waals surface area (Å²) in [5, 5.41) is 0. The third-order valence-corrected chi connectivity index (χ3v) is 7.14. The maximum Gasteiger partial charge on any atom is 0.494 e. The molecule has 0 N–H and O–H groups in total. The van der Waals surface area contributed by atoms with Crippen LogP contribution in [0.4, 0.5) is 0 Å². The molecule has 4 aliphatic rings. The van der Waals surface area contributed by atoms with Gasteiger partial charge in [0, 0.05) is 0 Å². The summed E-state index contributed by atoms with van der Waals surface area (Å²) in [6, 6.07) is 9.14. The van der Waals surface area contributed by atoms with Crippen molar-refractivity contribution < 1.29 is 9.31 Å². The number of fused-ring (bicyclic) bond motifs is 3. The molecule has 0 amide bonds. The molecule has 5 rings (SSSR count). The largest absolute Gasteiger partial charge is 0.494 e. The van der Waals surface area contributed by atoms with Crippen LogP contribution in [0.1, 0.15) is 71.8 Å². The average Bonchev–Trinajstić information content (AvgIpc) is 2.77. The van der Waals surface area contributed by atoms with Crippen LogP contribution < -0.4 is 5.46 Å². The topological polar surface area (TPSA) is 18.5 Å². The van der Waals surface area contributed by atoms with Crippen molar-refractivity contribution in [1.29, 1.82) is 0 Å². The van der Waals surface area contributed by atoms with E-state index in [0.29, 0.717) is 5.41 Å². The van der Waals surface area contributed by atoms with Gasteiger partial charge in [-0.05, 0) is 88.6 Å². The van der Waals surface area contributed by atoms with Crippen LogP contribution >= 0.6 is 0 Å². The van der Waals surface area contributed by atoms with E-state index in [4.69, 9.17) is 9.31 Å². The second-order valence-electron chi connectivity index (χ2n) is 8.97. The Morgan fingerprint density at radius 2 is 1.30 bits per heavy atom. The lowest BCUT2D eigenvalue weighted by Gasteiger charge is -2.47. The number of benzene rings is 1. The Bertz CT molecular complexity index is 552. The maximum absolute atomic E-state index is 6.17. The Morgan fingerprint density at radius 3 is 1.78 bits per heavy atom. The Kier molecular flexibility index (Phi) is 3.48. The van der Waals surface area contributed by atoms with Gasteiger partial charge in [0.2, 0.25) is 0 Å². The highest BCUT2D eigenvalue weighted by Crippen LogP contribution is 2.51. The SMILES string of the molecule is CC1(C)OB(c2ccc(C34CCC(CC3)CC4)cc2)OC1(C)C. The molecule has 2 nitrogen and oxygen atoms in total. The fraction of sp³-hybridized carbons (Fsp3) is 0.700.